The molecule has 1 aromatic rings. The third kappa shape index (κ3) is 7.72. The smallest absolute Gasteiger partial charge is 0.208 e. The van der Waals surface area contributed by atoms with E-state index in [0.717, 1.165) is 32.1 Å². The number of nitrogens with zero attached hydrogens (tertiary/aromatic N) is 2. The first-order chi connectivity index (χ1) is 12.5. The number of rotatable bonds is 9. The summed E-state index contributed by atoms with van der Waals surface area (Å²) in [5.74, 6) is 1.37. The number of aliphatic imine (C=N–C) groups is 1. The van der Waals surface area contributed by atoms with Gasteiger partial charge in [0.05, 0.1) is 19.5 Å². The molecule has 0 bridgehead atoms. The lowest BCUT2D eigenvalue weighted by molar-refractivity contribution is 0.0907. The van der Waals surface area contributed by atoms with Crippen LogP contribution in [-0.2, 0) is 21.4 Å². The minimum atomic E-state index is -3.11. The molecule has 8 heteroatoms. The lowest BCUT2D eigenvalue weighted by Crippen LogP contribution is -2.41. The predicted octanol–water partition coefficient (Wildman–Crippen LogP) is 1.04. The summed E-state index contributed by atoms with van der Waals surface area (Å²) in [6, 6.07) is 10.2. The van der Waals surface area contributed by atoms with Crippen molar-refractivity contribution in [3.63, 3.8) is 0 Å². The molecule has 1 saturated heterocycles. The van der Waals surface area contributed by atoms with Gasteiger partial charge in [0.2, 0.25) is 10.0 Å². The first-order valence-corrected chi connectivity index (χ1v) is 10.9. The Hall–Kier alpha value is -1.64. The highest BCUT2D eigenvalue weighted by molar-refractivity contribution is 7.88. The van der Waals surface area contributed by atoms with Gasteiger partial charge in [0.25, 0.3) is 0 Å². The number of nitrogens with one attached hydrogen (secondary N) is 2. The van der Waals surface area contributed by atoms with Crippen molar-refractivity contribution in [3.8, 4) is 0 Å². The van der Waals surface area contributed by atoms with Crippen LogP contribution in [0.4, 0.5) is 0 Å². The minimum Gasteiger partial charge on any atom is -0.376 e. The molecule has 1 atom stereocenters. The minimum absolute atomic E-state index is 0.429. The van der Waals surface area contributed by atoms with E-state index in [-0.39, 0.29) is 0 Å². The monoisotopic (exact) mass is 382 g/mol. The Morgan fingerprint density at radius 2 is 2.08 bits per heavy atom. The van der Waals surface area contributed by atoms with Crippen LogP contribution in [-0.4, -0.2) is 65.4 Å². The van der Waals surface area contributed by atoms with Crippen LogP contribution in [0, 0.1) is 5.92 Å². The predicted molar refractivity (Wildman–Crippen MR) is 105 cm³/mol. The van der Waals surface area contributed by atoms with E-state index in [1.807, 2.05) is 18.2 Å². The average Bonchev–Trinajstić information content (AvgIpc) is 3.07. The van der Waals surface area contributed by atoms with Gasteiger partial charge in [-0.3, -0.25) is 4.99 Å². The van der Waals surface area contributed by atoms with Crippen molar-refractivity contribution in [3.05, 3.63) is 35.9 Å². The molecule has 1 unspecified atom stereocenters. The van der Waals surface area contributed by atoms with E-state index < -0.39 is 10.0 Å². The van der Waals surface area contributed by atoms with E-state index in [9.17, 15) is 8.42 Å². The summed E-state index contributed by atoms with van der Waals surface area (Å²) in [5, 5.41) is 3.30. The number of guanidine groups is 1. The average molecular weight is 383 g/mol. The third-order valence-corrected chi connectivity index (χ3v) is 4.99. The fraction of sp³-hybridized carbons (Fsp3) is 0.611. The van der Waals surface area contributed by atoms with E-state index >= 15 is 0 Å². The Morgan fingerprint density at radius 1 is 1.31 bits per heavy atom. The Balaban J connectivity index is 1.64. The fourth-order valence-corrected chi connectivity index (χ4v) is 3.47. The van der Waals surface area contributed by atoms with Crippen molar-refractivity contribution in [1.29, 1.82) is 0 Å². The van der Waals surface area contributed by atoms with Crippen LogP contribution in [0.2, 0.25) is 0 Å². The molecule has 2 N–H and O–H groups in total. The Bertz CT molecular complexity index is 664. The molecule has 0 aromatic heterocycles. The van der Waals surface area contributed by atoms with Gasteiger partial charge in [0.1, 0.15) is 0 Å². The number of hydrogen-bond acceptors (Lipinski definition) is 4. The number of sulfonamides is 1. The number of hydrogen-bond donors (Lipinski definition) is 2. The van der Waals surface area contributed by atoms with E-state index in [1.54, 1.807) is 7.05 Å². The lowest BCUT2D eigenvalue weighted by atomic mass is 10.1. The van der Waals surface area contributed by atoms with Gasteiger partial charge in [-0.25, -0.2) is 13.1 Å². The molecule has 2 rings (SSSR count). The van der Waals surface area contributed by atoms with Gasteiger partial charge in [-0.05, 0) is 18.4 Å². The Morgan fingerprint density at radius 3 is 2.77 bits per heavy atom. The second kappa shape index (κ2) is 10.5. The zero-order valence-corrected chi connectivity index (χ0v) is 16.5. The molecule has 0 amide bonds. The molecule has 0 aliphatic carbocycles. The number of benzene rings is 1. The maximum absolute atomic E-state index is 11.0. The van der Waals surface area contributed by atoms with Crippen molar-refractivity contribution < 1.29 is 13.2 Å². The summed E-state index contributed by atoms with van der Waals surface area (Å²) in [4.78, 5) is 6.57. The van der Waals surface area contributed by atoms with Crippen LogP contribution in [0.25, 0.3) is 0 Å². The van der Waals surface area contributed by atoms with Crippen molar-refractivity contribution in [2.45, 2.75) is 19.4 Å². The largest absolute Gasteiger partial charge is 0.376 e. The summed E-state index contributed by atoms with van der Waals surface area (Å²) >= 11 is 0. The van der Waals surface area contributed by atoms with Gasteiger partial charge in [0.15, 0.2) is 5.96 Å². The number of ether oxygens (including phenoxy) is 1. The second-order valence-electron chi connectivity index (χ2n) is 6.60. The van der Waals surface area contributed by atoms with E-state index in [4.69, 9.17) is 4.74 Å². The van der Waals surface area contributed by atoms with Crippen LogP contribution >= 0.6 is 0 Å². The highest BCUT2D eigenvalue weighted by Crippen LogP contribution is 2.17. The molecule has 1 aromatic carbocycles. The molecular weight excluding hydrogens is 352 g/mol. The summed E-state index contributed by atoms with van der Waals surface area (Å²) in [5.41, 5.74) is 1.20. The van der Waals surface area contributed by atoms with Crippen molar-refractivity contribution >= 4 is 16.0 Å². The maximum Gasteiger partial charge on any atom is 0.208 e. The van der Waals surface area contributed by atoms with Crippen molar-refractivity contribution in [2.75, 3.05) is 46.1 Å². The van der Waals surface area contributed by atoms with E-state index in [2.05, 4.69) is 32.1 Å². The van der Waals surface area contributed by atoms with Crippen molar-refractivity contribution in [1.82, 2.24) is 14.9 Å². The van der Waals surface area contributed by atoms with Gasteiger partial charge < -0.3 is 15.0 Å². The first-order valence-electron chi connectivity index (χ1n) is 9.00. The van der Waals surface area contributed by atoms with Crippen LogP contribution in [0.3, 0.4) is 0 Å². The zero-order valence-electron chi connectivity index (χ0n) is 15.6. The van der Waals surface area contributed by atoms with Crippen LogP contribution in [0.15, 0.2) is 35.3 Å². The second-order valence-corrected chi connectivity index (χ2v) is 8.43. The fourth-order valence-electron chi connectivity index (χ4n) is 2.96. The van der Waals surface area contributed by atoms with Gasteiger partial charge in [-0.1, -0.05) is 30.3 Å². The van der Waals surface area contributed by atoms with Crippen LogP contribution in [0.1, 0.15) is 18.4 Å². The highest BCUT2D eigenvalue weighted by Gasteiger charge is 2.24. The summed E-state index contributed by atoms with van der Waals surface area (Å²) in [6.45, 7) is 4.40. The summed E-state index contributed by atoms with van der Waals surface area (Å²) < 4.78 is 30.4. The molecule has 1 aliphatic heterocycles. The normalized spacial score (nSPS) is 18.3. The molecule has 0 radical (unpaired) electrons. The standard InChI is InChI=1S/C18H30N4O3S/c1-19-18(20-10-6-11-21-26(2,23)24)22-12-9-17(13-22)15-25-14-16-7-4-3-5-8-16/h3-5,7-8,17,21H,6,9-15H2,1-2H3,(H,19,20). The molecule has 0 spiro atoms. The molecule has 1 heterocycles. The SMILES string of the molecule is CN=C(NCCCNS(C)(=O)=O)N1CCC(COCc2ccccc2)C1. The molecule has 26 heavy (non-hydrogen) atoms. The Kier molecular flexibility index (Phi) is 8.34. The quantitative estimate of drug-likeness (QED) is 0.379. The van der Waals surface area contributed by atoms with E-state index in [1.165, 1.54) is 11.8 Å². The Labute approximate surface area is 156 Å². The first kappa shape index (κ1) is 20.7. The van der Waals surface area contributed by atoms with Gasteiger partial charge in [-0.15, -0.1) is 0 Å². The zero-order chi connectivity index (χ0) is 18.8. The molecule has 7 nitrogen and oxygen atoms in total. The highest BCUT2D eigenvalue weighted by atomic mass is 32.2. The lowest BCUT2D eigenvalue weighted by Gasteiger charge is -2.21. The summed E-state index contributed by atoms with van der Waals surface area (Å²) in [7, 11) is -1.34. The topological polar surface area (TPSA) is 83.0 Å². The molecule has 1 fully saturated rings. The number of likely N-dealkylation sites (tertiary alicyclic amines) is 1. The maximum atomic E-state index is 11.0. The van der Waals surface area contributed by atoms with Gasteiger partial charge in [-0.2, -0.15) is 0 Å². The van der Waals surface area contributed by atoms with Crippen molar-refractivity contribution in [2.24, 2.45) is 10.9 Å². The van der Waals surface area contributed by atoms with E-state index in [0.29, 0.717) is 32.0 Å². The molecule has 0 saturated carbocycles. The van der Waals surface area contributed by atoms with Crippen LogP contribution < -0.4 is 10.0 Å². The molecule has 146 valence electrons. The molecule has 1 aliphatic rings. The van der Waals surface area contributed by atoms with Gasteiger partial charge >= 0.3 is 0 Å². The third-order valence-electron chi connectivity index (χ3n) is 4.26. The van der Waals surface area contributed by atoms with Crippen LogP contribution in [0.5, 0.6) is 0 Å². The van der Waals surface area contributed by atoms with Gasteiger partial charge in [0, 0.05) is 39.1 Å². The summed E-state index contributed by atoms with van der Waals surface area (Å²) in [6.07, 6.45) is 2.97. The molecular formula is C18H30N4O3S.